The van der Waals surface area contributed by atoms with E-state index in [1.54, 1.807) is 0 Å². The Morgan fingerprint density at radius 3 is 1.28 bits per heavy atom. The summed E-state index contributed by atoms with van der Waals surface area (Å²) < 4.78 is 11.2. The molecule has 0 aromatic heterocycles. The predicted molar refractivity (Wildman–Crippen MR) is 98.0 cm³/mol. The maximum atomic E-state index is 12.0. The molecule has 25 heavy (non-hydrogen) atoms. The van der Waals surface area contributed by atoms with Crippen molar-refractivity contribution in [3.63, 3.8) is 0 Å². The first-order valence-electron chi connectivity index (χ1n) is 10.2. The van der Waals surface area contributed by atoms with E-state index in [9.17, 15) is 9.59 Å². The molecule has 0 heterocycles. The Morgan fingerprint density at radius 1 is 0.640 bits per heavy atom. The SMILES string of the molecule is CC1CC(C)CC(OC(=O)CCCC(=O)OC2CC(C)CC(C)C2)C1. The number of carbonyl (C=O) groups excluding carboxylic acids is 2. The third-order valence-electron chi connectivity index (χ3n) is 5.63. The first-order chi connectivity index (χ1) is 11.8. The van der Waals surface area contributed by atoms with Crippen LogP contribution < -0.4 is 0 Å². The fourth-order valence-electron chi connectivity index (χ4n) is 4.81. The molecule has 0 bridgehead atoms. The van der Waals surface area contributed by atoms with Crippen LogP contribution in [0.15, 0.2) is 0 Å². The molecule has 0 radical (unpaired) electrons. The Morgan fingerprint density at radius 2 is 0.960 bits per heavy atom. The molecule has 0 aliphatic heterocycles. The number of esters is 2. The highest BCUT2D eigenvalue weighted by Gasteiger charge is 2.28. The summed E-state index contributed by atoms with van der Waals surface area (Å²) in [5, 5.41) is 0. The van der Waals surface area contributed by atoms with Crippen molar-refractivity contribution in [2.24, 2.45) is 23.7 Å². The van der Waals surface area contributed by atoms with Gasteiger partial charge in [0, 0.05) is 12.8 Å². The molecule has 4 atom stereocenters. The van der Waals surface area contributed by atoms with Gasteiger partial charge >= 0.3 is 11.9 Å². The summed E-state index contributed by atoms with van der Waals surface area (Å²) in [5.74, 6) is 2.15. The van der Waals surface area contributed by atoms with E-state index in [1.165, 1.54) is 12.8 Å². The minimum Gasteiger partial charge on any atom is -0.462 e. The zero-order valence-electron chi connectivity index (χ0n) is 16.5. The lowest BCUT2D eigenvalue weighted by atomic mass is 9.82. The topological polar surface area (TPSA) is 52.6 Å². The van der Waals surface area contributed by atoms with Gasteiger partial charge in [0.25, 0.3) is 0 Å². The zero-order valence-corrected chi connectivity index (χ0v) is 16.5. The molecule has 0 spiro atoms. The van der Waals surface area contributed by atoms with Crippen LogP contribution in [0.2, 0.25) is 0 Å². The molecular weight excluding hydrogens is 316 g/mol. The van der Waals surface area contributed by atoms with Gasteiger partial charge in [0.2, 0.25) is 0 Å². The number of rotatable bonds is 6. The Balaban J connectivity index is 1.61. The van der Waals surface area contributed by atoms with Crippen molar-refractivity contribution in [2.75, 3.05) is 0 Å². The van der Waals surface area contributed by atoms with E-state index in [-0.39, 0.29) is 24.1 Å². The maximum Gasteiger partial charge on any atom is 0.306 e. The number of hydrogen-bond donors (Lipinski definition) is 0. The van der Waals surface area contributed by atoms with Crippen LogP contribution in [0, 0.1) is 23.7 Å². The molecule has 2 fully saturated rings. The lowest BCUT2D eigenvalue weighted by molar-refractivity contribution is -0.153. The summed E-state index contributed by atoms with van der Waals surface area (Å²) in [7, 11) is 0. The lowest BCUT2D eigenvalue weighted by Gasteiger charge is -2.31. The van der Waals surface area contributed by atoms with Crippen molar-refractivity contribution in [3.05, 3.63) is 0 Å². The number of carbonyl (C=O) groups is 2. The number of ether oxygens (including phenoxy) is 2. The van der Waals surface area contributed by atoms with E-state index in [0.29, 0.717) is 42.9 Å². The van der Waals surface area contributed by atoms with Crippen molar-refractivity contribution in [2.45, 2.75) is 97.7 Å². The van der Waals surface area contributed by atoms with Gasteiger partial charge in [-0.3, -0.25) is 9.59 Å². The Labute approximate surface area is 153 Å². The third-order valence-corrected chi connectivity index (χ3v) is 5.63. The van der Waals surface area contributed by atoms with Gasteiger partial charge in [0.1, 0.15) is 12.2 Å². The minimum atomic E-state index is -0.168. The normalized spacial score (nSPS) is 35.8. The smallest absolute Gasteiger partial charge is 0.306 e. The van der Waals surface area contributed by atoms with E-state index in [0.717, 1.165) is 25.7 Å². The molecule has 144 valence electrons. The van der Waals surface area contributed by atoms with Gasteiger partial charge in [-0.05, 0) is 68.6 Å². The van der Waals surface area contributed by atoms with Crippen molar-refractivity contribution in [3.8, 4) is 0 Å². The summed E-state index contributed by atoms with van der Waals surface area (Å²) in [6.07, 6.45) is 7.58. The first kappa shape index (κ1) is 20.3. The molecule has 4 unspecified atom stereocenters. The average molecular weight is 353 g/mol. The van der Waals surface area contributed by atoms with Gasteiger partial charge < -0.3 is 9.47 Å². The fraction of sp³-hybridized carbons (Fsp3) is 0.905. The van der Waals surface area contributed by atoms with E-state index < -0.39 is 0 Å². The van der Waals surface area contributed by atoms with Crippen LogP contribution in [0.4, 0.5) is 0 Å². The summed E-state index contributed by atoms with van der Waals surface area (Å²) >= 11 is 0. The Bertz CT molecular complexity index is 387. The van der Waals surface area contributed by atoms with Crippen molar-refractivity contribution >= 4 is 11.9 Å². The molecule has 4 heteroatoms. The molecule has 0 aromatic carbocycles. The molecule has 2 aliphatic carbocycles. The number of hydrogen-bond acceptors (Lipinski definition) is 4. The zero-order chi connectivity index (χ0) is 18.4. The molecule has 2 rings (SSSR count). The maximum absolute atomic E-state index is 12.0. The predicted octanol–water partition coefficient (Wildman–Crippen LogP) is 4.89. The molecule has 2 aliphatic rings. The molecular formula is C21H36O4. The highest BCUT2D eigenvalue weighted by Crippen LogP contribution is 2.31. The molecule has 4 nitrogen and oxygen atoms in total. The minimum absolute atomic E-state index is 0.0587. The van der Waals surface area contributed by atoms with Gasteiger partial charge in [0.05, 0.1) is 0 Å². The van der Waals surface area contributed by atoms with Gasteiger partial charge in [-0.25, -0.2) is 0 Å². The first-order valence-corrected chi connectivity index (χ1v) is 10.2. The van der Waals surface area contributed by atoms with E-state index in [1.807, 2.05) is 0 Å². The quantitative estimate of drug-likeness (QED) is 0.639. The molecule has 0 amide bonds. The van der Waals surface area contributed by atoms with Gasteiger partial charge in [-0.1, -0.05) is 27.7 Å². The van der Waals surface area contributed by atoms with Crippen LogP contribution in [-0.2, 0) is 19.1 Å². The Kier molecular flexibility index (Phi) is 7.77. The highest BCUT2D eigenvalue weighted by atomic mass is 16.5. The summed E-state index contributed by atoms with van der Waals surface area (Å²) in [4.78, 5) is 24.0. The van der Waals surface area contributed by atoms with Gasteiger partial charge in [-0.15, -0.1) is 0 Å². The van der Waals surface area contributed by atoms with Crippen molar-refractivity contribution in [1.82, 2.24) is 0 Å². The van der Waals surface area contributed by atoms with Crippen molar-refractivity contribution < 1.29 is 19.1 Å². The summed E-state index contributed by atoms with van der Waals surface area (Å²) in [6.45, 7) is 8.89. The van der Waals surface area contributed by atoms with E-state index in [2.05, 4.69) is 27.7 Å². The largest absolute Gasteiger partial charge is 0.462 e. The molecule has 0 saturated heterocycles. The van der Waals surface area contributed by atoms with Crippen LogP contribution >= 0.6 is 0 Å². The second-order valence-corrected chi connectivity index (χ2v) is 8.91. The summed E-state index contributed by atoms with van der Waals surface area (Å²) in [6, 6.07) is 0. The van der Waals surface area contributed by atoms with Crippen LogP contribution in [0.3, 0.4) is 0 Å². The molecule has 2 saturated carbocycles. The molecule has 0 N–H and O–H groups in total. The van der Waals surface area contributed by atoms with E-state index >= 15 is 0 Å². The highest BCUT2D eigenvalue weighted by molar-refractivity contribution is 5.72. The van der Waals surface area contributed by atoms with Crippen molar-refractivity contribution in [1.29, 1.82) is 0 Å². The second kappa shape index (κ2) is 9.59. The van der Waals surface area contributed by atoms with Crippen LogP contribution in [0.1, 0.15) is 85.5 Å². The molecule has 0 aromatic rings. The summed E-state index contributed by atoms with van der Waals surface area (Å²) in [5.41, 5.74) is 0. The lowest BCUT2D eigenvalue weighted by Crippen LogP contribution is -2.29. The fourth-order valence-corrected chi connectivity index (χ4v) is 4.81. The van der Waals surface area contributed by atoms with Crippen LogP contribution in [0.5, 0.6) is 0 Å². The third kappa shape index (κ3) is 7.37. The average Bonchev–Trinajstić information content (AvgIpc) is 2.44. The monoisotopic (exact) mass is 352 g/mol. The van der Waals surface area contributed by atoms with Crippen LogP contribution in [-0.4, -0.2) is 24.1 Å². The van der Waals surface area contributed by atoms with Crippen LogP contribution in [0.25, 0.3) is 0 Å². The van der Waals surface area contributed by atoms with E-state index in [4.69, 9.17) is 9.47 Å². The standard InChI is InChI=1S/C21H36O4/c1-14-8-15(2)11-18(10-14)24-20(22)6-5-7-21(23)25-19-12-16(3)9-17(4)13-19/h14-19H,5-13H2,1-4H3. The Hall–Kier alpha value is -1.06. The van der Waals surface area contributed by atoms with Gasteiger partial charge in [-0.2, -0.15) is 0 Å². The van der Waals surface area contributed by atoms with Gasteiger partial charge in [0.15, 0.2) is 0 Å². The second-order valence-electron chi connectivity index (χ2n) is 8.91.